The first-order valence-electron chi connectivity index (χ1n) is 9.25. The third kappa shape index (κ3) is 2.38. The van der Waals surface area contributed by atoms with Gasteiger partial charge in [0.2, 0.25) is 5.71 Å². The van der Waals surface area contributed by atoms with Gasteiger partial charge in [-0.25, -0.2) is 4.98 Å². The van der Waals surface area contributed by atoms with Crippen molar-refractivity contribution in [2.24, 2.45) is 0 Å². The lowest BCUT2D eigenvalue weighted by molar-refractivity contribution is 0.258. The van der Waals surface area contributed by atoms with Gasteiger partial charge in [-0.05, 0) is 50.0 Å². The summed E-state index contributed by atoms with van der Waals surface area (Å²) in [5, 5.41) is 2.22. The Morgan fingerprint density at radius 1 is 1.08 bits per heavy atom. The minimum Gasteiger partial charge on any atom is -0.437 e. The van der Waals surface area contributed by atoms with Crippen LogP contribution in [0.5, 0.6) is 0 Å². The third-order valence-electron chi connectivity index (χ3n) is 5.64. The highest BCUT2D eigenvalue weighted by atomic mass is 16.3. The van der Waals surface area contributed by atoms with E-state index in [9.17, 15) is 0 Å². The van der Waals surface area contributed by atoms with Gasteiger partial charge in [-0.3, -0.25) is 0 Å². The Hall–Kier alpha value is -2.55. The van der Waals surface area contributed by atoms with Gasteiger partial charge in [-0.2, -0.15) is 0 Å². The molecule has 3 heterocycles. The second-order valence-electron chi connectivity index (χ2n) is 7.94. The average Bonchev–Trinajstić information content (AvgIpc) is 2.95. The zero-order valence-corrected chi connectivity index (χ0v) is 16.4. The van der Waals surface area contributed by atoms with Crippen molar-refractivity contribution in [3.8, 4) is 0 Å². The van der Waals surface area contributed by atoms with E-state index in [0.717, 1.165) is 27.8 Å². The highest BCUT2D eigenvalue weighted by molar-refractivity contribution is 6.05. The summed E-state index contributed by atoms with van der Waals surface area (Å²) in [7, 11) is 2.13. The van der Waals surface area contributed by atoms with Crippen LogP contribution in [-0.2, 0) is 5.54 Å². The third-order valence-corrected chi connectivity index (χ3v) is 5.64. The van der Waals surface area contributed by atoms with Crippen LogP contribution in [0.2, 0.25) is 0 Å². The van der Waals surface area contributed by atoms with E-state index >= 15 is 0 Å². The maximum absolute atomic E-state index is 6.36. The van der Waals surface area contributed by atoms with Crippen LogP contribution < -0.4 is 0 Å². The van der Waals surface area contributed by atoms with Crippen LogP contribution in [0.1, 0.15) is 50.4 Å². The number of likely N-dealkylation sites (N-methyl/N-ethyl adjacent to an activating group) is 1. The standard InChI is InChI=1S/C23H26N2O/c1-14(2)19-10-9-18-17-8-7-16(4)20(21(17)26-22(18)24-19)23(5)12-11-15(3)13-25(23)6/h7-14H,1-6H3. The largest absolute Gasteiger partial charge is 0.437 e. The predicted octanol–water partition coefficient (Wildman–Crippen LogP) is 6.03. The number of hydrogen-bond acceptors (Lipinski definition) is 3. The first-order chi connectivity index (χ1) is 12.3. The summed E-state index contributed by atoms with van der Waals surface area (Å²) >= 11 is 0. The van der Waals surface area contributed by atoms with E-state index in [0.29, 0.717) is 5.92 Å². The minimum absolute atomic E-state index is 0.252. The summed E-state index contributed by atoms with van der Waals surface area (Å²) in [5.74, 6) is 0.381. The molecule has 0 aliphatic carbocycles. The molecule has 0 saturated heterocycles. The normalized spacial score (nSPS) is 20.4. The predicted molar refractivity (Wildman–Crippen MR) is 108 cm³/mol. The molecule has 134 valence electrons. The van der Waals surface area contributed by atoms with Crippen LogP contribution >= 0.6 is 0 Å². The van der Waals surface area contributed by atoms with Crippen molar-refractivity contribution in [3.05, 3.63) is 65.0 Å². The number of benzene rings is 1. The second kappa shape index (κ2) is 5.73. The van der Waals surface area contributed by atoms with Crippen LogP contribution in [0.15, 0.2) is 52.6 Å². The molecule has 0 amide bonds. The van der Waals surface area contributed by atoms with Crippen LogP contribution in [0, 0.1) is 6.92 Å². The van der Waals surface area contributed by atoms with E-state index in [4.69, 9.17) is 9.40 Å². The van der Waals surface area contributed by atoms with Gasteiger partial charge in [-0.1, -0.05) is 38.1 Å². The topological polar surface area (TPSA) is 29.3 Å². The lowest BCUT2D eigenvalue weighted by Crippen LogP contribution is -2.38. The first-order valence-corrected chi connectivity index (χ1v) is 9.25. The van der Waals surface area contributed by atoms with Crippen LogP contribution in [0.3, 0.4) is 0 Å². The molecule has 2 aromatic heterocycles. The molecule has 1 atom stereocenters. The van der Waals surface area contributed by atoms with E-state index in [-0.39, 0.29) is 5.54 Å². The molecule has 26 heavy (non-hydrogen) atoms. The summed E-state index contributed by atoms with van der Waals surface area (Å²) in [6.07, 6.45) is 6.65. The van der Waals surface area contributed by atoms with Crippen molar-refractivity contribution < 1.29 is 4.42 Å². The molecular formula is C23H26N2O. The number of allylic oxidation sites excluding steroid dienone is 2. The van der Waals surface area contributed by atoms with Crippen LogP contribution in [-0.4, -0.2) is 16.9 Å². The zero-order chi connectivity index (χ0) is 18.6. The number of fused-ring (bicyclic) bond motifs is 3. The SMILES string of the molecule is CC1=CN(C)C(C)(c2c(C)ccc3c2oc2nc(C(C)C)ccc23)C=C1. The molecule has 0 saturated carbocycles. The van der Waals surface area contributed by atoms with E-state index in [1.54, 1.807) is 0 Å². The van der Waals surface area contributed by atoms with Gasteiger partial charge in [0.1, 0.15) is 5.58 Å². The average molecular weight is 346 g/mol. The fraction of sp³-hybridized carbons (Fsp3) is 0.348. The van der Waals surface area contributed by atoms with Gasteiger partial charge in [0.25, 0.3) is 0 Å². The number of furan rings is 1. The molecule has 3 heteroatoms. The number of nitrogens with zero attached hydrogens (tertiary/aromatic N) is 2. The zero-order valence-electron chi connectivity index (χ0n) is 16.4. The van der Waals surface area contributed by atoms with E-state index in [1.165, 1.54) is 16.7 Å². The summed E-state index contributed by atoms with van der Waals surface area (Å²) in [5.41, 5.74) is 6.18. The van der Waals surface area contributed by atoms with E-state index in [2.05, 4.69) is 89.2 Å². The number of aromatic nitrogens is 1. The molecule has 3 nitrogen and oxygen atoms in total. The molecule has 4 rings (SSSR count). The quantitative estimate of drug-likeness (QED) is 0.567. The lowest BCUT2D eigenvalue weighted by Gasteiger charge is -2.39. The highest BCUT2D eigenvalue weighted by Crippen LogP contribution is 2.41. The lowest BCUT2D eigenvalue weighted by atomic mass is 9.83. The summed E-state index contributed by atoms with van der Waals surface area (Å²) in [6.45, 7) is 10.8. The van der Waals surface area contributed by atoms with Crippen molar-refractivity contribution >= 4 is 22.1 Å². The number of hydrogen-bond donors (Lipinski definition) is 0. The van der Waals surface area contributed by atoms with Crippen LogP contribution in [0.4, 0.5) is 0 Å². The van der Waals surface area contributed by atoms with Gasteiger partial charge >= 0.3 is 0 Å². The maximum Gasteiger partial charge on any atom is 0.227 e. The second-order valence-corrected chi connectivity index (χ2v) is 7.94. The Bertz CT molecular complexity index is 1070. The Kier molecular flexibility index (Phi) is 3.72. The summed E-state index contributed by atoms with van der Waals surface area (Å²) in [4.78, 5) is 7.04. The maximum atomic E-state index is 6.36. The van der Waals surface area contributed by atoms with Gasteiger partial charge in [0.05, 0.1) is 5.54 Å². The molecule has 3 aromatic rings. The molecule has 1 aromatic carbocycles. The number of rotatable bonds is 2. The molecule has 1 aliphatic rings. The molecule has 1 aliphatic heterocycles. The van der Waals surface area contributed by atoms with Crippen molar-refractivity contribution in [2.45, 2.75) is 46.1 Å². The molecule has 0 fully saturated rings. The molecule has 1 unspecified atom stereocenters. The van der Waals surface area contributed by atoms with E-state index < -0.39 is 0 Å². The van der Waals surface area contributed by atoms with Crippen molar-refractivity contribution in [1.82, 2.24) is 9.88 Å². The summed E-state index contributed by atoms with van der Waals surface area (Å²) in [6, 6.07) is 8.62. The Morgan fingerprint density at radius 2 is 1.81 bits per heavy atom. The van der Waals surface area contributed by atoms with Gasteiger partial charge in [0.15, 0.2) is 0 Å². The van der Waals surface area contributed by atoms with Crippen molar-refractivity contribution in [3.63, 3.8) is 0 Å². The molecule has 0 spiro atoms. The smallest absolute Gasteiger partial charge is 0.227 e. The molecule has 0 bridgehead atoms. The van der Waals surface area contributed by atoms with Crippen molar-refractivity contribution in [2.75, 3.05) is 7.05 Å². The molecular weight excluding hydrogens is 320 g/mol. The monoisotopic (exact) mass is 346 g/mol. The van der Waals surface area contributed by atoms with Gasteiger partial charge < -0.3 is 9.32 Å². The van der Waals surface area contributed by atoms with E-state index in [1.807, 2.05) is 0 Å². The van der Waals surface area contributed by atoms with Gasteiger partial charge in [-0.15, -0.1) is 0 Å². The molecule has 0 N–H and O–H groups in total. The Balaban J connectivity index is 2.02. The van der Waals surface area contributed by atoms with Crippen molar-refractivity contribution in [1.29, 1.82) is 0 Å². The minimum atomic E-state index is -0.252. The highest BCUT2D eigenvalue weighted by Gasteiger charge is 2.34. The Labute approximate surface area is 155 Å². The molecule has 0 radical (unpaired) electrons. The Morgan fingerprint density at radius 3 is 2.50 bits per heavy atom. The fourth-order valence-electron chi connectivity index (χ4n) is 3.94. The number of pyridine rings is 1. The fourth-order valence-corrected chi connectivity index (χ4v) is 3.94. The van der Waals surface area contributed by atoms with Crippen LogP contribution in [0.25, 0.3) is 22.1 Å². The van der Waals surface area contributed by atoms with Gasteiger partial charge in [0, 0.05) is 35.3 Å². The summed E-state index contributed by atoms with van der Waals surface area (Å²) < 4.78 is 6.36. The first kappa shape index (κ1) is 16.9. The number of aryl methyl sites for hydroxylation is 1.